The molecule has 0 aromatic carbocycles. The van der Waals surface area contributed by atoms with Crippen molar-refractivity contribution in [2.45, 2.75) is 309 Å². The average molecular weight is 1070 g/mol. The molecular weight excluding hydrogens is 949 g/mol. The first-order valence-corrected chi connectivity index (χ1v) is 32.4. The maximum Gasteiger partial charge on any atom is 0.306 e. The Balaban J connectivity index is 4.34. The van der Waals surface area contributed by atoms with Gasteiger partial charge in [0.1, 0.15) is 13.2 Å². The van der Waals surface area contributed by atoms with Crippen LogP contribution in [0, 0.1) is 0 Å². The van der Waals surface area contributed by atoms with E-state index in [1.807, 2.05) is 0 Å². The topological polar surface area (TPSA) is 78.9 Å². The van der Waals surface area contributed by atoms with E-state index in [1.54, 1.807) is 0 Å². The van der Waals surface area contributed by atoms with E-state index in [9.17, 15) is 14.4 Å². The number of rotatable bonds is 58. The third-order valence-electron chi connectivity index (χ3n) is 13.8. The smallest absolute Gasteiger partial charge is 0.306 e. The monoisotopic (exact) mass is 1070 g/mol. The van der Waals surface area contributed by atoms with Crippen molar-refractivity contribution in [3.8, 4) is 0 Å². The molecule has 6 heteroatoms. The predicted molar refractivity (Wildman–Crippen MR) is 334 cm³/mol. The van der Waals surface area contributed by atoms with E-state index in [0.29, 0.717) is 19.3 Å². The van der Waals surface area contributed by atoms with Gasteiger partial charge in [-0.3, -0.25) is 14.4 Å². The van der Waals surface area contributed by atoms with Crippen molar-refractivity contribution >= 4 is 17.9 Å². The van der Waals surface area contributed by atoms with E-state index >= 15 is 0 Å². The lowest BCUT2D eigenvalue weighted by atomic mass is 10.0. The second-order valence-electron chi connectivity index (χ2n) is 21.3. The van der Waals surface area contributed by atoms with Crippen LogP contribution in [-0.2, 0) is 28.6 Å². The lowest BCUT2D eigenvalue weighted by molar-refractivity contribution is -0.167. The van der Waals surface area contributed by atoms with E-state index in [2.05, 4.69) is 130 Å². The molecule has 0 heterocycles. The van der Waals surface area contributed by atoms with Crippen molar-refractivity contribution in [2.24, 2.45) is 0 Å². The average Bonchev–Trinajstić information content (AvgIpc) is 3.43. The molecule has 0 N–H and O–H groups in total. The Kier molecular flexibility index (Phi) is 61.3. The maximum absolute atomic E-state index is 12.9. The standard InChI is InChI=1S/C71H120O6/c1-4-7-10-13-16-19-22-25-27-28-29-30-31-32-33-34-35-36-37-38-39-40-41-42-44-46-49-52-55-58-61-64-70(73)76-67-68(66-75-69(72)63-60-57-54-51-48-45-24-21-18-15-12-9-6-3)77-71(74)65-62-59-56-53-50-47-43-26-23-20-17-14-11-8-5-2/h7,10,16,19,25,27,29-30,32-33,35-36,38-39,41-42,46,49,68H,4-6,8-9,11-15,17-18,20-24,26,28,31,34,37,40,43-45,47-48,50-67H2,1-3H3/b10-7-,19-16-,27-25-,30-29-,33-32-,36-35-,39-38-,42-41-,49-46-. The highest BCUT2D eigenvalue weighted by molar-refractivity contribution is 5.71. The summed E-state index contributed by atoms with van der Waals surface area (Å²) >= 11 is 0. The van der Waals surface area contributed by atoms with Gasteiger partial charge in [-0.25, -0.2) is 0 Å². The Morgan fingerprint density at radius 1 is 0.273 bits per heavy atom. The largest absolute Gasteiger partial charge is 0.462 e. The normalized spacial score (nSPS) is 12.8. The van der Waals surface area contributed by atoms with Crippen molar-refractivity contribution in [3.05, 3.63) is 109 Å². The summed E-state index contributed by atoms with van der Waals surface area (Å²) in [4.78, 5) is 38.3. The third kappa shape index (κ3) is 62.8. The molecule has 0 rings (SSSR count). The fourth-order valence-corrected chi connectivity index (χ4v) is 8.97. The van der Waals surface area contributed by atoms with E-state index < -0.39 is 6.10 Å². The first kappa shape index (κ1) is 73.1. The molecule has 0 saturated carbocycles. The summed E-state index contributed by atoms with van der Waals surface area (Å²) in [6.45, 7) is 6.52. The number of ether oxygens (including phenoxy) is 3. The van der Waals surface area contributed by atoms with Crippen LogP contribution in [0.2, 0.25) is 0 Å². The molecule has 0 aliphatic heterocycles. The van der Waals surface area contributed by atoms with Crippen LogP contribution in [0.4, 0.5) is 0 Å². The van der Waals surface area contributed by atoms with Crippen LogP contribution in [-0.4, -0.2) is 37.2 Å². The molecule has 1 atom stereocenters. The molecule has 0 aliphatic carbocycles. The molecule has 0 spiro atoms. The van der Waals surface area contributed by atoms with Gasteiger partial charge in [0, 0.05) is 19.3 Å². The van der Waals surface area contributed by atoms with Crippen molar-refractivity contribution < 1.29 is 28.6 Å². The third-order valence-corrected chi connectivity index (χ3v) is 13.8. The molecule has 0 fully saturated rings. The van der Waals surface area contributed by atoms with Gasteiger partial charge in [0.05, 0.1) is 0 Å². The maximum atomic E-state index is 12.9. The summed E-state index contributed by atoms with van der Waals surface area (Å²) in [5.74, 6) is -0.909. The predicted octanol–water partition coefficient (Wildman–Crippen LogP) is 22.2. The first-order chi connectivity index (χ1) is 38.0. The second-order valence-corrected chi connectivity index (χ2v) is 21.3. The van der Waals surface area contributed by atoms with Crippen LogP contribution in [0.5, 0.6) is 0 Å². The first-order valence-electron chi connectivity index (χ1n) is 32.4. The van der Waals surface area contributed by atoms with Crippen LogP contribution < -0.4 is 0 Å². The van der Waals surface area contributed by atoms with Gasteiger partial charge in [-0.05, 0) is 89.9 Å². The molecule has 440 valence electrons. The molecule has 77 heavy (non-hydrogen) atoms. The van der Waals surface area contributed by atoms with Crippen molar-refractivity contribution in [3.63, 3.8) is 0 Å². The molecule has 1 unspecified atom stereocenters. The van der Waals surface area contributed by atoms with Crippen molar-refractivity contribution in [1.29, 1.82) is 0 Å². The van der Waals surface area contributed by atoms with Gasteiger partial charge in [-0.1, -0.05) is 304 Å². The van der Waals surface area contributed by atoms with Gasteiger partial charge in [0.25, 0.3) is 0 Å². The summed E-state index contributed by atoms with van der Waals surface area (Å²) in [6.07, 6.45) is 88.1. The van der Waals surface area contributed by atoms with Crippen molar-refractivity contribution in [2.75, 3.05) is 13.2 Å². The lowest BCUT2D eigenvalue weighted by Gasteiger charge is -2.18. The van der Waals surface area contributed by atoms with Crippen LogP contribution in [0.15, 0.2) is 109 Å². The van der Waals surface area contributed by atoms with Gasteiger partial charge >= 0.3 is 17.9 Å². The number of esters is 3. The molecular formula is C71H120O6. The molecule has 0 amide bonds. The highest BCUT2D eigenvalue weighted by Gasteiger charge is 2.19. The van der Waals surface area contributed by atoms with E-state index in [-0.39, 0.29) is 31.1 Å². The quantitative estimate of drug-likeness (QED) is 0.0261. The van der Waals surface area contributed by atoms with Crippen LogP contribution in [0.3, 0.4) is 0 Å². The number of hydrogen-bond donors (Lipinski definition) is 0. The van der Waals surface area contributed by atoms with E-state index in [4.69, 9.17) is 14.2 Å². The van der Waals surface area contributed by atoms with Gasteiger partial charge in [0.15, 0.2) is 6.10 Å². The molecule has 0 aromatic rings. The highest BCUT2D eigenvalue weighted by Crippen LogP contribution is 2.16. The zero-order chi connectivity index (χ0) is 55.7. The number of carbonyl (C=O) groups is 3. The Bertz CT molecular complexity index is 1560. The van der Waals surface area contributed by atoms with Crippen molar-refractivity contribution in [1.82, 2.24) is 0 Å². The van der Waals surface area contributed by atoms with E-state index in [0.717, 1.165) is 122 Å². The fourth-order valence-electron chi connectivity index (χ4n) is 8.97. The zero-order valence-corrected chi connectivity index (χ0v) is 50.4. The molecule has 0 aromatic heterocycles. The zero-order valence-electron chi connectivity index (χ0n) is 50.4. The van der Waals surface area contributed by atoms with Gasteiger partial charge < -0.3 is 14.2 Å². The summed E-state index contributed by atoms with van der Waals surface area (Å²) in [5, 5.41) is 0. The number of carbonyl (C=O) groups excluding carboxylic acids is 3. The molecule has 0 radical (unpaired) electrons. The minimum atomic E-state index is -0.790. The Morgan fingerprint density at radius 2 is 0.506 bits per heavy atom. The Hall–Kier alpha value is -3.93. The summed E-state index contributed by atoms with van der Waals surface area (Å²) in [5.41, 5.74) is 0. The summed E-state index contributed by atoms with van der Waals surface area (Å²) < 4.78 is 16.9. The SMILES string of the molecule is CC/C=C\C/C=C\C/C=C\C/C=C\C/C=C\C/C=C\C/C=C\C/C=C\C/C=C\CCCCCC(=O)OCC(COC(=O)CCCCCCCCCCCCCCC)OC(=O)CCCCCCCCCCCCCCCCC. The fraction of sp³-hybridized carbons (Fsp3) is 0.704. The van der Waals surface area contributed by atoms with Crippen LogP contribution >= 0.6 is 0 Å². The molecule has 6 nitrogen and oxygen atoms in total. The Labute approximate surface area is 476 Å². The van der Waals surface area contributed by atoms with Crippen LogP contribution in [0.1, 0.15) is 303 Å². The minimum absolute atomic E-state index is 0.0849. The van der Waals surface area contributed by atoms with E-state index in [1.165, 1.54) is 141 Å². The highest BCUT2D eigenvalue weighted by atomic mass is 16.6. The van der Waals surface area contributed by atoms with Gasteiger partial charge in [-0.15, -0.1) is 0 Å². The van der Waals surface area contributed by atoms with Crippen LogP contribution in [0.25, 0.3) is 0 Å². The summed E-state index contributed by atoms with van der Waals surface area (Å²) in [6, 6.07) is 0. The lowest BCUT2D eigenvalue weighted by Crippen LogP contribution is -2.30. The number of hydrogen-bond acceptors (Lipinski definition) is 6. The minimum Gasteiger partial charge on any atom is -0.462 e. The molecule has 0 aliphatic rings. The van der Waals surface area contributed by atoms with Gasteiger partial charge in [-0.2, -0.15) is 0 Å². The summed E-state index contributed by atoms with van der Waals surface area (Å²) in [7, 11) is 0. The molecule has 0 bridgehead atoms. The number of allylic oxidation sites excluding steroid dienone is 18. The molecule has 0 saturated heterocycles. The second kappa shape index (κ2) is 64.6. The number of unbranched alkanes of at least 4 members (excludes halogenated alkanes) is 29. The van der Waals surface area contributed by atoms with Gasteiger partial charge in [0.2, 0.25) is 0 Å². The Morgan fingerprint density at radius 3 is 0.792 bits per heavy atom.